The number of benzene rings is 1. The Bertz CT molecular complexity index is 699. The molecule has 0 radical (unpaired) electrons. The summed E-state index contributed by atoms with van der Waals surface area (Å²) in [5.74, 6) is 0.145. The number of aromatic nitrogens is 3. The zero-order chi connectivity index (χ0) is 16.1. The van der Waals surface area contributed by atoms with Crippen LogP contribution in [-0.2, 0) is 0 Å². The van der Waals surface area contributed by atoms with Gasteiger partial charge in [0.25, 0.3) is 5.91 Å². The van der Waals surface area contributed by atoms with Gasteiger partial charge in [0, 0.05) is 5.56 Å². The average Bonchev–Trinajstić information content (AvgIpc) is 2.96. The summed E-state index contributed by atoms with van der Waals surface area (Å²) >= 11 is 6.24. The first-order valence-corrected chi connectivity index (χ1v) is 6.87. The number of amides is 1. The molecule has 0 aliphatic carbocycles. The number of ether oxygens (including phenoxy) is 2. The Morgan fingerprint density at radius 3 is 2.86 bits per heavy atom. The third kappa shape index (κ3) is 3.20. The number of carbonyl (C=O) groups excluding carboxylic acids is 1. The fourth-order valence-electron chi connectivity index (χ4n) is 1.85. The largest absolute Gasteiger partial charge is 0.490 e. The molecule has 0 saturated carbocycles. The first kappa shape index (κ1) is 15.8. The maximum absolute atomic E-state index is 11.4. The molecular weight excluding hydrogens is 308 g/mol. The van der Waals surface area contributed by atoms with Crippen molar-refractivity contribution in [2.45, 2.75) is 6.92 Å². The summed E-state index contributed by atoms with van der Waals surface area (Å²) in [4.78, 5) is 11.4. The molecule has 2 aromatic rings. The van der Waals surface area contributed by atoms with Gasteiger partial charge in [-0.25, -0.2) is 0 Å². The Labute approximate surface area is 132 Å². The smallest absolute Gasteiger partial charge is 0.271 e. The molecule has 1 aromatic heterocycles. The quantitative estimate of drug-likeness (QED) is 0.760. The molecule has 116 valence electrons. The molecule has 8 heteroatoms. The van der Waals surface area contributed by atoms with Gasteiger partial charge in [0.05, 0.1) is 11.6 Å². The first-order chi connectivity index (χ1) is 10.6. The number of carbonyl (C=O) groups is 1. The number of primary amides is 1. The van der Waals surface area contributed by atoms with E-state index in [-0.39, 0.29) is 12.3 Å². The van der Waals surface area contributed by atoms with Gasteiger partial charge in [0.2, 0.25) is 0 Å². The third-order valence-corrected chi connectivity index (χ3v) is 2.99. The SMILES string of the molecule is C=CCOc1c(Cl)cc(-c2n[nH]nc2C(N)=O)cc1OCC. The van der Waals surface area contributed by atoms with Gasteiger partial charge in [-0.15, -0.1) is 0 Å². The number of hydrogen-bond acceptors (Lipinski definition) is 5. The lowest BCUT2D eigenvalue weighted by molar-refractivity contribution is 0.0996. The van der Waals surface area contributed by atoms with Crippen LogP contribution in [0.25, 0.3) is 11.3 Å². The van der Waals surface area contributed by atoms with Gasteiger partial charge in [-0.2, -0.15) is 15.4 Å². The lowest BCUT2D eigenvalue weighted by Crippen LogP contribution is -2.12. The number of H-pyrrole nitrogens is 1. The molecule has 0 saturated heterocycles. The van der Waals surface area contributed by atoms with Gasteiger partial charge < -0.3 is 15.2 Å². The second-order valence-electron chi connectivity index (χ2n) is 4.20. The van der Waals surface area contributed by atoms with Crippen LogP contribution in [0.5, 0.6) is 11.5 Å². The lowest BCUT2D eigenvalue weighted by Gasteiger charge is -2.14. The number of nitrogens with two attached hydrogens (primary N) is 1. The highest BCUT2D eigenvalue weighted by Crippen LogP contribution is 2.39. The van der Waals surface area contributed by atoms with Crippen LogP contribution in [0.15, 0.2) is 24.8 Å². The predicted molar refractivity (Wildman–Crippen MR) is 82.2 cm³/mol. The summed E-state index contributed by atoms with van der Waals surface area (Å²) in [5.41, 5.74) is 6.13. The third-order valence-electron chi connectivity index (χ3n) is 2.71. The highest BCUT2D eigenvalue weighted by atomic mass is 35.5. The van der Waals surface area contributed by atoms with E-state index in [0.29, 0.717) is 34.4 Å². The van der Waals surface area contributed by atoms with Crippen LogP contribution < -0.4 is 15.2 Å². The van der Waals surface area contributed by atoms with Crippen LogP contribution in [0.4, 0.5) is 0 Å². The molecule has 22 heavy (non-hydrogen) atoms. The topological polar surface area (TPSA) is 103 Å². The second kappa shape index (κ2) is 6.95. The van der Waals surface area contributed by atoms with Crippen LogP contribution in [0.2, 0.25) is 5.02 Å². The predicted octanol–water partition coefficient (Wildman–Crippen LogP) is 2.19. The minimum Gasteiger partial charge on any atom is -0.490 e. The zero-order valence-corrected chi connectivity index (χ0v) is 12.7. The molecule has 1 heterocycles. The summed E-state index contributed by atoms with van der Waals surface area (Å²) in [7, 11) is 0. The van der Waals surface area contributed by atoms with E-state index in [0.717, 1.165) is 0 Å². The molecule has 0 spiro atoms. The van der Waals surface area contributed by atoms with Crippen molar-refractivity contribution in [3.63, 3.8) is 0 Å². The zero-order valence-electron chi connectivity index (χ0n) is 11.9. The first-order valence-electron chi connectivity index (χ1n) is 6.49. The van der Waals surface area contributed by atoms with Gasteiger partial charge in [-0.3, -0.25) is 4.79 Å². The lowest BCUT2D eigenvalue weighted by atomic mass is 10.1. The average molecular weight is 323 g/mol. The van der Waals surface area contributed by atoms with Gasteiger partial charge >= 0.3 is 0 Å². The van der Waals surface area contributed by atoms with Crippen molar-refractivity contribution in [3.05, 3.63) is 35.5 Å². The molecule has 0 aliphatic heterocycles. The van der Waals surface area contributed by atoms with Gasteiger partial charge in [-0.05, 0) is 19.1 Å². The van der Waals surface area contributed by atoms with Crippen molar-refractivity contribution in [2.75, 3.05) is 13.2 Å². The van der Waals surface area contributed by atoms with Crippen molar-refractivity contribution in [1.82, 2.24) is 15.4 Å². The molecule has 0 aliphatic rings. The highest BCUT2D eigenvalue weighted by molar-refractivity contribution is 6.32. The van der Waals surface area contributed by atoms with Gasteiger partial charge in [-0.1, -0.05) is 24.3 Å². The summed E-state index contributed by atoms with van der Waals surface area (Å²) in [6.07, 6.45) is 1.60. The minimum atomic E-state index is -0.690. The summed E-state index contributed by atoms with van der Waals surface area (Å²) < 4.78 is 11.0. The maximum atomic E-state index is 11.4. The fourth-order valence-corrected chi connectivity index (χ4v) is 2.12. The number of aromatic amines is 1. The van der Waals surface area contributed by atoms with Gasteiger partial charge in [0.1, 0.15) is 12.3 Å². The molecule has 1 amide bonds. The number of nitrogens with zero attached hydrogens (tertiary/aromatic N) is 2. The summed E-state index contributed by atoms with van der Waals surface area (Å²) in [5, 5.41) is 10.4. The van der Waals surface area contributed by atoms with Crippen LogP contribution in [0.1, 0.15) is 17.4 Å². The van der Waals surface area contributed by atoms with E-state index in [1.54, 1.807) is 18.2 Å². The number of hydrogen-bond donors (Lipinski definition) is 2. The van der Waals surface area contributed by atoms with Gasteiger partial charge in [0.15, 0.2) is 17.2 Å². The molecule has 0 bridgehead atoms. The van der Waals surface area contributed by atoms with Crippen molar-refractivity contribution in [1.29, 1.82) is 0 Å². The van der Waals surface area contributed by atoms with E-state index in [9.17, 15) is 4.79 Å². The Hall–Kier alpha value is -2.54. The number of rotatable bonds is 7. The Balaban J connectivity index is 2.51. The van der Waals surface area contributed by atoms with Crippen molar-refractivity contribution < 1.29 is 14.3 Å². The Morgan fingerprint density at radius 1 is 1.45 bits per heavy atom. The molecular formula is C14H15ClN4O3. The highest BCUT2D eigenvalue weighted by Gasteiger charge is 2.19. The van der Waals surface area contributed by atoms with E-state index >= 15 is 0 Å². The Kier molecular flexibility index (Phi) is 5.00. The molecule has 0 fully saturated rings. The monoisotopic (exact) mass is 322 g/mol. The van der Waals surface area contributed by atoms with E-state index in [2.05, 4.69) is 22.0 Å². The molecule has 0 unspecified atom stereocenters. The second-order valence-corrected chi connectivity index (χ2v) is 4.61. The van der Waals surface area contributed by atoms with Crippen LogP contribution in [-0.4, -0.2) is 34.5 Å². The number of nitrogens with one attached hydrogen (secondary N) is 1. The van der Waals surface area contributed by atoms with E-state index in [1.807, 2.05) is 6.92 Å². The maximum Gasteiger partial charge on any atom is 0.271 e. The van der Waals surface area contributed by atoms with E-state index in [4.69, 9.17) is 26.8 Å². The molecule has 0 atom stereocenters. The van der Waals surface area contributed by atoms with Crippen molar-refractivity contribution in [2.24, 2.45) is 5.73 Å². The van der Waals surface area contributed by atoms with Crippen molar-refractivity contribution >= 4 is 17.5 Å². The van der Waals surface area contributed by atoms with Crippen molar-refractivity contribution in [3.8, 4) is 22.8 Å². The standard InChI is InChI=1S/C14H15ClN4O3/c1-3-5-22-13-9(15)6-8(7-10(13)21-4-2)11-12(14(16)20)18-19-17-11/h3,6-7H,1,4-5H2,2H3,(H2,16,20)(H,17,18,19). The molecule has 1 aromatic carbocycles. The van der Waals surface area contributed by atoms with E-state index < -0.39 is 5.91 Å². The molecule has 2 rings (SSSR count). The fraction of sp³-hybridized carbons (Fsp3) is 0.214. The normalized spacial score (nSPS) is 10.3. The minimum absolute atomic E-state index is 0.0262. The van der Waals surface area contributed by atoms with Crippen LogP contribution >= 0.6 is 11.6 Å². The Morgan fingerprint density at radius 2 is 2.23 bits per heavy atom. The summed E-state index contributed by atoms with van der Waals surface area (Å²) in [6, 6.07) is 3.27. The summed E-state index contributed by atoms with van der Waals surface area (Å²) in [6.45, 7) is 6.13. The molecule has 7 nitrogen and oxygen atoms in total. The van der Waals surface area contributed by atoms with Crippen LogP contribution in [0.3, 0.4) is 0 Å². The van der Waals surface area contributed by atoms with Crippen LogP contribution in [0, 0.1) is 0 Å². The number of halogens is 1. The van der Waals surface area contributed by atoms with E-state index in [1.165, 1.54) is 0 Å². The molecule has 3 N–H and O–H groups in total.